The lowest BCUT2D eigenvalue weighted by Gasteiger charge is -2.54. The van der Waals surface area contributed by atoms with Gasteiger partial charge in [0, 0.05) is 11.8 Å². The number of alkyl halides is 1. The van der Waals surface area contributed by atoms with Crippen LogP contribution in [0.1, 0.15) is 32.1 Å². The van der Waals surface area contributed by atoms with Crippen molar-refractivity contribution in [1.82, 2.24) is 0 Å². The third kappa shape index (κ3) is 0.855. The number of hydrogen-bond donors (Lipinski definition) is 0. The molecule has 4 saturated carbocycles. The van der Waals surface area contributed by atoms with Gasteiger partial charge in [0.2, 0.25) is 5.67 Å². The zero-order valence-corrected chi connectivity index (χ0v) is 7.67. The Balaban J connectivity index is 1.99. The van der Waals surface area contributed by atoms with Crippen molar-refractivity contribution in [3.05, 3.63) is 0 Å². The lowest BCUT2D eigenvalue weighted by Crippen LogP contribution is -2.54. The number of nitriles is 1. The summed E-state index contributed by atoms with van der Waals surface area (Å²) in [7, 11) is 0. The third-order valence-electron chi connectivity index (χ3n) is 4.50. The molecule has 4 aliphatic carbocycles. The maximum absolute atomic E-state index is 14.2. The van der Waals surface area contributed by atoms with Gasteiger partial charge in [0.05, 0.1) is 0 Å². The van der Waals surface area contributed by atoms with Crippen molar-refractivity contribution in [2.24, 2.45) is 23.7 Å². The van der Waals surface area contributed by atoms with E-state index in [0.717, 1.165) is 37.5 Å². The summed E-state index contributed by atoms with van der Waals surface area (Å²) in [5, 5.41) is 8.93. The zero-order valence-electron chi connectivity index (χ0n) is 7.67. The summed E-state index contributed by atoms with van der Waals surface area (Å²) in [6.45, 7) is 0. The topological polar surface area (TPSA) is 23.8 Å². The minimum atomic E-state index is -1.45. The molecule has 0 aromatic rings. The second-order valence-electron chi connectivity index (χ2n) is 5.18. The molecule has 4 rings (SSSR count). The highest BCUT2D eigenvalue weighted by molar-refractivity contribution is 5.17. The molecule has 13 heavy (non-hydrogen) atoms. The molecular formula is C11H14FN. The first-order valence-corrected chi connectivity index (χ1v) is 5.32. The molecular weight excluding hydrogens is 165 g/mol. The lowest BCUT2D eigenvalue weighted by molar-refractivity contribution is -0.0926. The molecule has 4 fully saturated rings. The van der Waals surface area contributed by atoms with Crippen molar-refractivity contribution in [1.29, 1.82) is 5.26 Å². The van der Waals surface area contributed by atoms with Crippen LogP contribution >= 0.6 is 0 Å². The number of rotatable bonds is 0. The van der Waals surface area contributed by atoms with Crippen LogP contribution in [-0.4, -0.2) is 5.67 Å². The number of halogens is 1. The highest BCUT2D eigenvalue weighted by Crippen LogP contribution is 2.59. The van der Waals surface area contributed by atoms with Gasteiger partial charge in [0.15, 0.2) is 0 Å². The first-order valence-electron chi connectivity index (χ1n) is 5.32. The van der Waals surface area contributed by atoms with Gasteiger partial charge in [-0.3, -0.25) is 0 Å². The Morgan fingerprint density at radius 3 is 1.85 bits per heavy atom. The van der Waals surface area contributed by atoms with Gasteiger partial charge in [-0.1, -0.05) is 0 Å². The van der Waals surface area contributed by atoms with Crippen LogP contribution in [0.5, 0.6) is 0 Å². The average Bonchev–Trinajstić information content (AvgIpc) is 2.13. The standard InChI is InChI=1S/C11H14FN/c12-11(6-13)9-2-7-1-8(4-9)5-10(11)3-7/h7-10H,1-5H2. The zero-order chi connectivity index (χ0) is 9.05. The van der Waals surface area contributed by atoms with E-state index in [0.29, 0.717) is 0 Å². The van der Waals surface area contributed by atoms with E-state index in [2.05, 4.69) is 0 Å². The molecule has 0 atom stereocenters. The predicted molar refractivity (Wildman–Crippen MR) is 46.5 cm³/mol. The molecule has 0 aromatic carbocycles. The lowest BCUT2D eigenvalue weighted by atomic mass is 9.51. The fourth-order valence-corrected chi connectivity index (χ4v) is 4.05. The van der Waals surface area contributed by atoms with E-state index in [1.54, 1.807) is 0 Å². The first kappa shape index (κ1) is 7.79. The van der Waals surface area contributed by atoms with E-state index in [9.17, 15) is 4.39 Å². The highest BCUT2D eigenvalue weighted by Gasteiger charge is 2.58. The summed E-state index contributed by atoms with van der Waals surface area (Å²) in [4.78, 5) is 0. The molecule has 0 aromatic heterocycles. The third-order valence-corrected chi connectivity index (χ3v) is 4.50. The van der Waals surface area contributed by atoms with Gasteiger partial charge in [-0.15, -0.1) is 0 Å². The van der Waals surface area contributed by atoms with Gasteiger partial charge in [-0.25, -0.2) is 4.39 Å². The molecule has 0 heterocycles. The summed E-state index contributed by atoms with van der Waals surface area (Å²) in [6.07, 6.45) is 5.25. The van der Waals surface area contributed by atoms with Gasteiger partial charge >= 0.3 is 0 Å². The average molecular weight is 179 g/mol. The van der Waals surface area contributed by atoms with Crippen LogP contribution in [0.3, 0.4) is 0 Å². The van der Waals surface area contributed by atoms with Gasteiger partial charge in [0.1, 0.15) is 6.07 Å². The van der Waals surface area contributed by atoms with Crippen molar-refractivity contribution in [2.75, 3.05) is 0 Å². The normalized spacial score (nSPS) is 57.8. The molecule has 4 aliphatic rings. The largest absolute Gasteiger partial charge is 0.227 e. The number of hydrogen-bond acceptors (Lipinski definition) is 1. The van der Waals surface area contributed by atoms with Gasteiger partial charge < -0.3 is 0 Å². The molecule has 2 heteroatoms. The van der Waals surface area contributed by atoms with Crippen molar-refractivity contribution in [3.8, 4) is 6.07 Å². The molecule has 4 bridgehead atoms. The Morgan fingerprint density at radius 1 is 1.00 bits per heavy atom. The van der Waals surface area contributed by atoms with Crippen LogP contribution in [0, 0.1) is 35.0 Å². The Kier molecular flexibility index (Phi) is 1.35. The first-order chi connectivity index (χ1) is 6.22. The predicted octanol–water partition coefficient (Wildman–Crippen LogP) is 2.67. The molecule has 0 spiro atoms. The minimum Gasteiger partial charge on any atom is -0.227 e. The molecule has 0 saturated heterocycles. The van der Waals surface area contributed by atoms with E-state index >= 15 is 0 Å². The SMILES string of the molecule is N#CC1(F)C2CC3CC(C2)CC1C3. The van der Waals surface area contributed by atoms with Crippen LogP contribution in [0.2, 0.25) is 0 Å². The van der Waals surface area contributed by atoms with Gasteiger partial charge in [-0.2, -0.15) is 5.26 Å². The molecule has 0 aliphatic heterocycles. The summed E-state index contributed by atoms with van der Waals surface area (Å²) >= 11 is 0. The monoisotopic (exact) mass is 179 g/mol. The maximum atomic E-state index is 14.2. The summed E-state index contributed by atoms with van der Waals surface area (Å²) < 4.78 is 14.2. The summed E-state index contributed by atoms with van der Waals surface area (Å²) in [5.41, 5.74) is -1.45. The van der Waals surface area contributed by atoms with Gasteiger partial charge in [0.25, 0.3) is 0 Å². The fraction of sp³-hybridized carbons (Fsp3) is 0.909. The summed E-state index contributed by atoms with van der Waals surface area (Å²) in [5.74, 6) is 1.65. The molecule has 1 nitrogen and oxygen atoms in total. The van der Waals surface area contributed by atoms with E-state index in [1.807, 2.05) is 6.07 Å². The quantitative estimate of drug-likeness (QED) is 0.561. The van der Waals surface area contributed by atoms with Crippen molar-refractivity contribution < 1.29 is 4.39 Å². The van der Waals surface area contributed by atoms with Crippen LogP contribution in [0.4, 0.5) is 4.39 Å². The molecule has 70 valence electrons. The number of nitrogens with zero attached hydrogens (tertiary/aromatic N) is 1. The highest BCUT2D eigenvalue weighted by atomic mass is 19.1. The second-order valence-corrected chi connectivity index (χ2v) is 5.18. The molecule has 0 unspecified atom stereocenters. The summed E-state index contributed by atoms with van der Waals surface area (Å²) in [6, 6.07) is 1.96. The van der Waals surface area contributed by atoms with Crippen LogP contribution < -0.4 is 0 Å². The van der Waals surface area contributed by atoms with Crippen LogP contribution in [0.25, 0.3) is 0 Å². The van der Waals surface area contributed by atoms with E-state index < -0.39 is 5.67 Å². The van der Waals surface area contributed by atoms with Crippen LogP contribution in [0.15, 0.2) is 0 Å². The molecule has 0 amide bonds. The fourth-order valence-electron chi connectivity index (χ4n) is 4.05. The van der Waals surface area contributed by atoms with E-state index in [4.69, 9.17) is 5.26 Å². The van der Waals surface area contributed by atoms with Crippen molar-refractivity contribution in [2.45, 2.75) is 37.8 Å². The maximum Gasteiger partial charge on any atom is 0.201 e. The Hall–Kier alpha value is -0.580. The van der Waals surface area contributed by atoms with Crippen molar-refractivity contribution in [3.63, 3.8) is 0 Å². The van der Waals surface area contributed by atoms with E-state index in [1.165, 1.54) is 6.42 Å². The smallest absolute Gasteiger partial charge is 0.201 e. The Labute approximate surface area is 77.9 Å². The van der Waals surface area contributed by atoms with Crippen molar-refractivity contribution >= 4 is 0 Å². The van der Waals surface area contributed by atoms with Crippen LogP contribution in [-0.2, 0) is 0 Å². The minimum absolute atomic E-state index is 0.0775. The van der Waals surface area contributed by atoms with Gasteiger partial charge in [-0.05, 0) is 43.9 Å². The molecule has 0 radical (unpaired) electrons. The second kappa shape index (κ2) is 2.26. The van der Waals surface area contributed by atoms with E-state index in [-0.39, 0.29) is 11.8 Å². The molecule has 0 N–H and O–H groups in total. The Morgan fingerprint density at radius 2 is 1.46 bits per heavy atom. The Bertz CT molecular complexity index is 250.